The molecule has 0 bridgehead atoms. The number of thiazole rings is 1. The topological polar surface area (TPSA) is 94.4 Å². The SMILES string of the molecule is O=C(Nc1nc(-c2ccc(C(F)(F)F)cc2)c(Oc2ccccc2)s1)c1ccc([N+](=O)[O-])s1. The van der Waals surface area contributed by atoms with Crippen LogP contribution in [-0.2, 0) is 6.18 Å². The van der Waals surface area contributed by atoms with Crippen molar-refractivity contribution < 1.29 is 27.6 Å². The van der Waals surface area contributed by atoms with Gasteiger partial charge in [0, 0.05) is 11.6 Å². The van der Waals surface area contributed by atoms with E-state index >= 15 is 0 Å². The maximum Gasteiger partial charge on any atom is 0.416 e. The van der Waals surface area contributed by atoms with Gasteiger partial charge in [-0.1, -0.05) is 53.0 Å². The molecule has 7 nitrogen and oxygen atoms in total. The van der Waals surface area contributed by atoms with E-state index in [1.807, 2.05) is 0 Å². The minimum Gasteiger partial charge on any atom is -0.444 e. The molecule has 0 aliphatic rings. The first-order chi connectivity index (χ1) is 15.7. The number of nitrogens with zero attached hydrogens (tertiary/aromatic N) is 2. The number of amides is 1. The van der Waals surface area contributed by atoms with Crippen molar-refractivity contribution in [1.82, 2.24) is 4.98 Å². The highest BCUT2D eigenvalue weighted by Gasteiger charge is 2.30. The first-order valence-electron chi connectivity index (χ1n) is 9.17. The molecule has 2 aromatic carbocycles. The number of nitrogens with one attached hydrogen (secondary N) is 1. The van der Waals surface area contributed by atoms with Gasteiger partial charge >= 0.3 is 11.2 Å². The van der Waals surface area contributed by atoms with Gasteiger partial charge in [0.1, 0.15) is 11.4 Å². The number of rotatable bonds is 6. The molecule has 33 heavy (non-hydrogen) atoms. The number of carbonyl (C=O) groups is 1. The third-order valence-electron chi connectivity index (χ3n) is 4.25. The van der Waals surface area contributed by atoms with E-state index in [0.717, 1.165) is 23.5 Å². The van der Waals surface area contributed by atoms with E-state index < -0.39 is 22.6 Å². The predicted octanol–water partition coefficient (Wildman–Crippen LogP) is 6.84. The van der Waals surface area contributed by atoms with Crippen LogP contribution in [0.1, 0.15) is 15.2 Å². The Labute approximate surface area is 192 Å². The van der Waals surface area contributed by atoms with Crippen LogP contribution in [0, 0.1) is 10.1 Å². The molecule has 0 aliphatic heterocycles. The van der Waals surface area contributed by atoms with E-state index in [1.165, 1.54) is 24.3 Å². The summed E-state index contributed by atoms with van der Waals surface area (Å²) >= 11 is 1.69. The predicted molar refractivity (Wildman–Crippen MR) is 118 cm³/mol. The number of carbonyl (C=O) groups excluding carboxylic acids is 1. The lowest BCUT2D eigenvalue weighted by atomic mass is 10.1. The normalized spacial score (nSPS) is 11.2. The number of para-hydroxylation sites is 1. The van der Waals surface area contributed by atoms with Crippen molar-refractivity contribution in [2.75, 3.05) is 5.32 Å². The summed E-state index contributed by atoms with van der Waals surface area (Å²) < 4.78 is 44.6. The highest BCUT2D eigenvalue weighted by Crippen LogP contribution is 2.41. The molecule has 0 spiro atoms. The molecule has 1 amide bonds. The molecule has 2 aromatic heterocycles. The van der Waals surface area contributed by atoms with E-state index in [9.17, 15) is 28.1 Å². The van der Waals surface area contributed by atoms with Crippen LogP contribution in [0.15, 0.2) is 66.7 Å². The number of alkyl halides is 3. The molecule has 4 rings (SSSR count). The molecular formula is C21H12F3N3O4S2. The number of nitro groups is 1. The van der Waals surface area contributed by atoms with Crippen molar-refractivity contribution >= 4 is 38.7 Å². The molecule has 4 aromatic rings. The molecule has 0 radical (unpaired) electrons. The number of halogens is 3. The van der Waals surface area contributed by atoms with E-state index in [0.29, 0.717) is 22.6 Å². The van der Waals surface area contributed by atoms with Gasteiger partial charge in [-0.15, -0.1) is 0 Å². The third-order valence-corrected chi connectivity index (χ3v) is 6.14. The van der Waals surface area contributed by atoms with Gasteiger partial charge in [-0.2, -0.15) is 13.2 Å². The summed E-state index contributed by atoms with van der Waals surface area (Å²) in [7, 11) is 0. The summed E-state index contributed by atoms with van der Waals surface area (Å²) in [5.41, 5.74) is -0.206. The zero-order chi connectivity index (χ0) is 23.6. The second-order valence-electron chi connectivity index (χ2n) is 6.49. The van der Waals surface area contributed by atoms with Gasteiger partial charge in [0.05, 0.1) is 15.4 Å². The molecule has 1 N–H and O–H groups in total. The minimum atomic E-state index is -4.48. The molecular weight excluding hydrogens is 479 g/mol. The van der Waals surface area contributed by atoms with Crippen LogP contribution in [0.5, 0.6) is 10.8 Å². The Kier molecular flexibility index (Phi) is 6.11. The standard InChI is InChI=1S/C21H12F3N3O4S2/c22-21(23,24)13-8-6-12(7-9-13)17-19(31-14-4-2-1-3-5-14)33-20(25-17)26-18(28)15-10-11-16(32-15)27(29)30/h1-11H,(H,25,26,28). The Morgan fingerprint density at radius 2 is 1.70 bits per heavy atom. The summed E-state index contributed by atoms with van der Waals surface area (Å²) in [5.74, 6) is -0.131. The number of aromatic nitrogens is 1. The molecule has 0 fully saturated rings. The first kappa shape index (κ1) is 22.4. The Morgan fingerprint density at radius 1 is 1.00 bits per heavy atom. The Hall–Kier alpha value is -3.77. The molecule has 0 saturated carbocycles. The average Bonchev–Trinajstić information content (AvgIpc) is 3.42. The van der Waals surface area contributed by atoms with Crippen molar-refractivity contribution in [3.05, 3.63) is 87.3 Å². The van der Waals surface area contributed by atoms with Crippen LogP contribution >= 0.6 is 22.7 Å². The lowest BCUT2D eigenvalue weighted by Gasteiger charge is -2.08. The van der Waals surface area contributed by atoms with Crippen LogP contribution in [-0.4, -0.2) is 15.8 Å². The molecule has 168 valence electrons. The van der Waals surface area contributed by atoms with Gasteiger partial charge < -0.3 is 4.74 Å². The number of benzene rings is 2. The quantitative estimate of drug-likeness (QED) is 0.235. The highest BCUT2D eigenvalue weighted by molar-refractivity contribution is 7.19. The molecule has 0 unspecified atom stereocenters. The van der Waals surface area contributed by atoms with Crippen LogP contribution in [0.25, 0.3) is 11.3 Å². The van der Waals surface area contributed by atoms with Gasteiger partial charge in [-0.3, -0.25) is 20.2 Å². The van der Waals surface area contributed by atoms with Gasteiger partial charge in [0.2, 0.25) is 5.06 Å². The van der Waals surface area contributed by atoms with Gasteiger partial charge in [-0.25, -0.2) is 4.98 Å². The van der Waals surface area contributed by atoms with E-state index in [1.54, 1.807) is 30.3 Å². The first-order valence-corrected chi connectivity index (χ1v) is 10.8. The summed E-state index contributed by atoms with van der Waals surface area (Å²) in [6.07, 6.45) is -4.48. The zero-order valence-electron chi connectivity index (χ0n) is 16.3. The van der Waals surface area contributed by atoms with E-state index in [4.69, 9.17) is 4.74 Å². The van der Waals surface area contributed by atoms with Gasteiger partial charge in [-0.05, 0) is 30.3 Å². The summed E-state index contributed by atoms with van der Waals surface area (Å²) in [6.45, 7) is 0. The van der Waals surface area contributed by atoms with E-state index in [2.05, 4.69) is 10.3 Å². The van der Waals surface area contributed by atoms with Crippen LogP contribution < -0.4 is 10.1 Å². The number of thiophene rings is 1. The minimum absolute atomic E-state index is 0.110. The monoisotopic (exact) mass is 491 g/mol. The number of anilines is 1. The Bertz CT molecular complexity index is 1300. The molecule has 2 heterocycles. The maximum atomic E-state index is 12.9. The van der Waals surface area contributed by atoms with Crippen LogP contribution in [0.3, 0.4) is 0 Å². The lowest BCUT2D eigenvalue weighted by molar-refractivity contribution is -0.380. The second kappa shape index (κ2) is 9.00. The Balaban J connectivity index is 1.65. The van der Waals surface area contributed by atoms with Crippen molar-refractivity contribution in [3.8, 4) is 22.1 Å². The third kappa shape index (κ3) is 5.18. The van der Waals surface area contributed by atoms with Crippen molar-refractivity contribution in [3.63, 3.8) is 0 Å². The fourth-order valence-electron chi connectivity index (χ4n) is 2.73. The molecule has 0 aliphatic carbocycles. The smallest absolute Gasteiger partial charge is 0.416 e. The fourth-order valence-corrected chi connectivity index (χ4v) is 4.30. The maximum absolute atomic E-state index is 12.9. The van der Waals surface area contributed by atoms with Crippen molar-refractivity contribution in [2.45, 2.75) is 6.18 Å². The van der Waals surface area contributed by atoms with Crippen LogP contribution in [0.4, 0.5) is 23.3 Å². The van der Waals surface area contributed by atoms with E-state index in [-0.39, 0.29) is 25.8 Å². The lowest BCUT2D eigenvalue weighted by Crippen LogP contribution is -2.09. The van der Waals surface area contributed by atoms with Crippen molar-refractivity contribution in [2.24, 2.45) is 0 Å². The van der Waals surface area contributed by atoms with Crippen molar-refractivity contribution in [1.29, 1.82) is 0 Å². The van der Waals surface area contributed by atoms with Crippen LogP contribution in [0.2, 0.25) is 0 Å². The fraction of sp³-hybridized carbons (Fsp3) is 0.0476. The molecule has 0 saturated heterocycles. The number of ether oxygens (including phenoxy) is 1. The summed E-state index contributed by atoms with van der Waals surface area (Å²) in [5, 5.41) is 13.6. The number of hydrogen-bond donors (Lipinski definition) is 1. The van der Waals surface area contributed by atoms with Gasteiger partial charge in [0.25, 0.3) is 5.91 Å². The Morgan fingerprint density at radius 3 is 2.30 bits per heavy atom. The summed E-state index contributed by atoms with van der Waals surface area (Å²) in [4.78, 5) is 27.2. The second-order valence-corrected chi connectivity index (χ2v) is 8.52. The highest BCUT2D eigenvalue weighted by atomic mass is 32.1. The summed E-state index contributed by atoms with van der Waals surface area (Å²) in [6, 6.07) is 15.6. The largest absolute Gasteiger partial charge is 0.444 e. The zero-order valence-corrected chi connectivity index (χ0v) is 18.0. The number of hydrogen-bond acceptors (Lipinski definition) is 7. The average molecular weight is 491 g/mol. The molecule has 0 atom stereocenters. The van der Waals surface area contributed by atoms with Gasteiger partial charge in [0.15, 0.2) is 5.13 Å². The molecule has 12 heteroatoms.